The highest BCUT2D eigenvalue weighted by atomic mass is 16.4. The van der Waals surface area contributed by atoms with E-state index in [1.54, 1.807) is 0 Å². The fourth-order valence-electron chi connectivity index (χ4n) is 4.83. The van der Waals surface area contributed by atoms with Gasteiger partial charge in [-0.25, -0.2) is 4.79 Å². The highest BCUT2D eigenvalue weighted by Gasteiger charge is 2.38. The van der Waals surface area contributed by atoms with Crippen molar-refractivity contribution in [2.45, 2.75) is 76.5 Å². The van der Waals surface area contributed by atoms with Crippen molar-refractivity contribution >= 4 is 0 Å². The lowest BCUT2D eigenvalue weighted by atomic mass is 9.83. The van der Waals surface area contributed by atoms with Gasteiger partial charge in [-0.15, -0.1) is 0 Å². The van der Waals surface area contributed by atoms with Crippen molar-refractivity contribution in [2.24, 2.45) is 5.92 Å². The predicted octanol–water partition coefficient (Wildman–Crippen LogP) is 5.89. The summed E-state index contributed by atoms with van der Waals surface area (Å²) in [5, 5.41) is 11.3. The Morgan fingerprint density at radius 2 is 1.89 bits per heavy atom. The highest BCUT2D eigenvalue weighted by Crippen LogP contribution is 2.49. The van der Waals surface area contributed by atoms with E-state index in [0.29, 0.717) is 11.5 Å². The van der Waals surface area contributed by atoms with Gasteiger partial charge in [-0.1, -0.05) is 56.5 Å². The van der Waals surface area contributed by atoms with Crippen LogP contribution in [0.4, 0.5) is 0 Å². The van der Waals surface area contributed by atoms with Crippen LogP contribution >= 0.6 is 0 Å². The second-order valence-electron chi connectivity index (χ2n) is 8.31. The average Bonchev–Trinajstić information content (AvgIpc) is 3.49. The van der Waals surface area contributed by atoms with Crippen LogP contribution in [0.5, 0.6) is 5.75 Å². The van der Waals surface area contributed by atoms with Gasteiger partial charge in [0, 0.05) is 17.4 Å². The lowest BCUT2D eigenvalue weighted by molar-refractivity contribution is 0.345. The fourth-order valence-corrected chi connectivity index (χ4v) is 4.83. The third-order valence-electron chi connectivity index (χ3n) is 6.31. The summed E-state index contributed by atoms with van der Waals surface area (Å²) in [5.74, 6) is 1.63. The number of benzene rings is 1. The molecule has 1 fully saturated rings. The molecule has 3 heteroatoms. The van der Waals surface area contributed by atoms with E-state index in [0.717, 1.165) is 61.8 Å². The molecule has 1 heterocycles. The minimum atomic E-state index is -0.325. The van der Waals surface area contributed by atoms with Gasteiger partial charge < -0.3 is 9.52 Å². The molecule has 144 valence electrons. The molecule has 27 heavy (non-hydrogen) atoms. The molecule has 1 aromatic heterocycles. The van der Waals surface area contributed by atoms with Gasteiger partial charge in [0.25, 0.3) is 0 Å². The number of rotatable bonds is 5. The molecule has 1 aromatic carbocycles. The van der Waals surface area contributed by atoms with E-state index in [-0.39, 0.29) is 23.2 Å². The lowest BCUT2D eigenvalue weighted by Gasteiger charge is -2.25. The number of hydrogen-bond acceptors (Lipinski definition) is 3. The largest absolute Gasteiger partial charge is 0.507 e. The maximum atomic E-state index is 13.1. The zero-order valence-electron chi connectivity index (χ0n) is 16.2. The molecule has 2 aliphatic rings. The molecule has 0 spiro atoms. The van der Waals surface area contributed by atoms with E-state index < -0.39 is 0 Å². The molecular weight excluding hydrogens is 336 g/mol. The Balaban J connectivity index is 1.84. The van der Waals surface area contributed by atoms with Crippen LogP contribution in [0.1, 0.15) is 92.6 Å². The van der Waals surface area contributed by atoms with Gasteiger partial charge >= 0.3 is 5.63 Å². The van der Waals surface area contributed by atoms with Gasteiger partial charge in [-0.3, -0.25) is 0 Å². The molecule has 0 unspecified atom stereocenters. The van der Waals surface area contributed by atoms with E-state index in [2.05, 4.69) is 19.1 Å². The Kier molecular flexibility index (Phi) is 5.38. The molecule has 1 N–H and O–H groups in total. The smallest absolute Gasteiger partial charge is 0.343 e. The first-order valence-corrected chi connectivity index (χ1v) is 10.6. The molecule has 2 aliphatic carbocycles. The minimum absolute atomic E-state index is 0.0529. The topological polar surface area (TPSA) is 50.4 Å². The molecule has 2 aromatic rings. The molecule has 0 bridgehead atoms. The van der Waals surface area contributed by atoms with Crippen molar-refractivity contribution in [3.05, 3.63) is 63.2 Å². The lowest BCUT2D eigenvalue weighted by Crippen LogP contribution is -2.20. The van der Waals surface area contributed by atoms with Gasteiger partial charge in [0.1, 0.15) is 11.5 Å². The summed E-state index contributed by atoms with van der Waals surface area (Å²) in [7, 11) is 0. The van der Waals surface area contributed by atoms with Crippen molar-refractivity contribution in [1.82, 2.24) is 0 Å². The summed E-state index contributed by atoms with van der Waals surface area (Å²) in [4.78, 5) is 13.1. The number of fused-ring (bicyclic) bond motifs is 1. The van der Waals surface area contributed by atoms with Crippen molar-refractivity contribution in [3.8, 4) is 5.75 Å². The van der Waals surface area contributed by atoms with Gasteiger partial charge in [-0.05, 0) is 50.0 Å². The minimum Gasteiger partial charge on any atom is -0.507 e. The third kappa shape index (κ3) is 3.69. The second-order valence-corrected chi connectivity index (χ2v) is 8.31. The molecule has 3 nitrogen and oxygen atoms in total. The summed E-state index contributed by atoms with van der Waals surface area (Å²) in [6, 6.07) is 10.1. The monoisotopic (exact) mass is 366 g/mol. The first-order chi connectivity index (χ1) is 13.2. The first-order valence-electron chi connectivity index (χ1n) is 10.6. The van der Waals surface area contributed by atoms with E-state index in [1.165, 1.54) is 12.8 Å². The van der Waals surface area contributed by atoms with Crippen LogP contribution in [-0.4, -0.2) is 5.11 Å². The molecule has 2 atom stereocenters. The summed E-state index contributed by atoms with van der Waals surface area (Å²) in [6.07, 6.45) is 9.54. The molecular formula is C24H30O3. The standard InChI is InChI=1S/C24H30O3/c1-2-9-18-12-7-4-8-13-19-22(25)21(24(26)27-23(18)19)20(17-14-15-17)16-10-5-3-6-11-16/h3,5-6,10-11,17-18,20,25H,2,4,7-9,12-15H2,1H3/t18-,20+/m1/s1. The Morgan fingerprint density at radius 1 is 1.11 bits per heavy atom. The Labute approximate surface area is 161 Å². The van der Waals surface area contributed by atoms with Gasteiger partial charge in [0.05, 0.1) is 5.56 Å². The fraction of sp³-hybridized carbons (Fsp3) is 0.542. The van der Waals surface area contributed by atoms with Crippen LogP contribution in [0.3, 0.4) is 0 Å². The Hall–Kier alpha value is -2.03. The van der Waals surface area contributed by atoms with Crippen LogP contribution in [0.2, 0.25) is 0 Å². The van der Waals surface area contributed by atoms with Crippen molar-refractivity contribution in [1.29, 1.82) is 0 Å². The van der Waals surface area contributed by atoms with E-state index >= 15 is 0 Å². The van der Waals surface area contributed by atoms with Crippen LogP contribution in [0.15, 0.2) is 39.5 Å². The Morgan fingerprint density at radius 3 is 2.59 bits per heavy atom. The summed E-state index contributed by atoms with van der Waals surface area (Å²) in [6.45, 7) is 2.17. The maximum Gasteiger partial charge on any atom is 0.343 e. The molecule has 0 saturated heterocycles. The predicted molar refractivity (Wildman–Crippen MR) is 107 cm³/mol. The number of aromatic hydroxyl groups is 1. The Bertz CT molecular complexity index is 833. The van der Waals surface area contributed by atoms with Crippen molar-refractivity contribution in [3.63, 3.8) is 0 Å². The third-order valence-corrected chi connectivity index (χ3v) is 6.31. The second kappa shape index (κ2) is 7.92. The van der Waals surface area contributed by atoms with Crippen molar-refractivity contribution < 1.29 is 9.52 Å². The molecule has 4 rings (SSSR count). The van der Waals surface area contributed by atoms with Crippen LogP contribution in [-0.2, 0) is 6.42 Å². The zero-order valence-corrected chi connectivity index (χ0v) is 16.2. The number of hydrogen-bond donors (Lipinski definition) is 1. The highest BCUT2D eigenvalue weighted by molar-refractivity contribution is 5.47. The quantitative estimate of drug-likeness (QED) is 0.718. The molecule has 0 amide bonds. The van der Waals surface area contributed by atoms with E-state index in [9.17, 15) is 9.90 Å². The SMILES string of the molecule is CCC[C@@H]1CCCCCc2c1oc(=O)c([C@@H](c1ccccc1)C1CC1)c2O. The average molecular weight is 367 g/mol. The van der Waals surface area contributed by atoms with E-state index in [4.69, 9.17) is 4.42 Å². The maximum absolute atomic E-state index is 13.1. The van der Waals surface area contributed by atoms with Gasteiger partial charge in [0.2, 0.25) is 0 Å². The van der Waals surface area contributed by atoms with Crippen LogP contribution < -0.4 is 5.63 Å². The van der Waals surface area contributed by atoms with Gasteiger partial charge in [0.15, 0.2) is 0 Å². The van der Waals surface area contributed by atoms with E-state index in [1.807, 2.05) is 18.2 Å². The molecule has 1 saturated carbocycles. The summed E-state index contributed by atoms with van der Waals surface area (Å²) < 4.78 is 5.98. The normalized spacial score (nSPS) is 21.1. The first kappa shape index (κ1) is 18.3. The summed E-state index contributed by atoms with van der Waals surface area (Å²) >= 11 is 0. The van der Waals surface area contributed by atoms with Crippen LogP contribution in [0, 0.1) is 5.92 Å². The molecule has 0 aliphatic heterocycles. The summed E-state index contributed by atoms with van der Waals surface area (Å²) in [5.41, 5.74) is 2.19. The molecule has 0 radical (unpaired) electrons. The van der Waals surface area contributed by atoms with Crippen LogP contribution in [0.25, 0.3) is 0 Å². The van der Waals surface area contributed by atoms with Crippen molar-refractivity contribution in [2.75, 3.05) is 0 Å². The van der Waals surface area contributed by atoms with Gasteiger partial charge in [-0.2, -0.15) is 0 Å². The zero-order chi connectivity index (χ0) is 18.8.